The van der Waals surface area contributed by atoms with Crippen LogP contribution in [0.25, 0.3) is 0 Å². The smallest absolute Gasteiger partial charge is 0.280 e. The molecule has 0 amide bonds. The number of nitrogens with zero attached hydrogens (tertiary/aromatic N) is 1. The van der Waals surface area contributed by atoms with Crippen molar-refractivity contribution in [1.29, 1.82) is 0 Å². The second-order valence-electron chi connectivity index (χ2n) is 2.64. The van der Waals surface area contributed by atoms with Gasteiger partial charge in [-0.25, -0.2) is 13.8 Å². The number of halogens is 3. The van der Waals surface area contributed by atoms with E-state index in [-0.39, 0.29) is 5.69 Å². The highest BCUT2D eigenvalue weighted by molar-refractivity contribution is 9.08. The molecule has 1 heterocycles. The summed E-state index contributed by atoms with van der Waals surface area (Å²) in [5, 5.41) is 0.460. The quantitative estimate of drug-likeness (QED) is 0.821. The summed E-state index contributed by atoms with van der Waals surface area (Å²) in [5.41, 5.74) is 6.98. The van der Waals surface area contributed by atoms with Crippen LogP contribution in [0, 0.1) is 6.92 Å². The van der Waals surface area contributed by atoms with Crippen molar-refractivity contribution in [2.24, 2.45) is 0 Å². The largest absolute Gasteiger partial charge is 0.397 e. The number of anilines is 1. The Kier molecular flexibility index (Phi) is 3.19. The predicted molar refractivity (Wildman–Crippen MR) is 51.0 cm³/mol. The van der Waals surface area contributed by atoms with E-state index in [9.17, 15) is 8.78 Å². The van der Waals surface area contributed by atoms with Gasteiger partial charge in [-0.15, -0.1) is 0 Å². The van der Waals surface area contributed by atoms with E-state index >= 15 is 0 Å². The molecule has 0 fully saturated rings. The van der Waals surface area contributed by atoms with Crippen molar-refractivity contribution in [3.05, 3.63) is 23.0 Å². The number of hydrogen-bond acceptors (Lipinski definition) is 2. The zero-order chi connectivity index (χ0) is 10.0. The van der Waals surface area contributed by atoms with Crippen LogP contribution >= 0.6 is 15.9 Å². The molecule has 0 aromatic carbocycles. The molecule has 0 bridgehead atoms. The van der Waals surface area contributed by atoms with E-state index in [4.69, 9.17) is 5.73 Å². The SMILES string of the molecule is Cc1nc(C(F)F)cc(CBr)c1N. The van der Waals surface area contributed by atoms with Gasteiger partial charge in [-0.1, -0.05) is 15.9 Å². The van der Waals surface area contributed by atoms with E-state index in [0.717, 1.165) is 0 Å². The first-order chi connectivity index (χ1) is 6.06. The Hall–Kier alpha value is -0.710. The number of rotatable bonds is 2. The van der Waals surface area contributed by atoms with Crippen molar-refractivity contribution in [3.63, 3.8) is 0 Å². The fourth-order valence-corrected chi connectivity index (χ4v) is 1.46. The summed E-state index contributed by atoms with van der Waals surface area (Å²) in [6.45, 7) is 1.62. The van der Waals surface area contributed by atoms with Crippen LogP contribution in [0.4, 0.5) is 14.5 Å². The van der Waals surface area contributed by atoms with E-state index in [0.29, 0.717) is 22.3 Å². The summed E-state index contributed by atoms with van der Waals surface area (Å²) in [7, 11) is 0. The molecule has 0 radical (unpaired) electrons. The van der Waals surface area contributed by atoms with Gasteiger partial charge in [0.15, 0.2) is 0 Å². The fourth-order valence-electron chi connectivity index (χ4n) is 0.997. The van der Waals surface area contributed by atoms with E-state index in [1.807, 2.05) is 0 Å². The third kappa shape index (κ3) is 2.15. The molecule has 0 aliphatic rings. The van der Waals surface area contributed by atoms with Crippen LogP contribution in [-0.4, -0.2) is 4.98 Å². The van der Waals surface area contributed by atoms with Gasteiger partial charge in [-0.3, -0.25) is 0 Å². The van der Waals surface area contributed by atoms with Crippen LogP contribution < -0.4 is 5.73 Å². The van der Waals surface area contributed by atoms with Gasteiger partial charge in [0, 0.05) is 5.33 Å². The van der Waals surface area contributed by atoms with Crippen molar-refractivity contribution in [1.82, 2.24) is 4.98 Å². The normalized spacial score (nSPS) is 10.8. The van der Waals surface area contributed by atoms with Crippen molar-refractivity contribution in [3.8, 4) is 0 Å². The number of aryl methyl sites for hydroxylation is 1. The average Bonchev–Trinajstić information content (AvgIpc) is 2.09. The number of aromatic nitrogens is 1. The maximum Gasteiger partial charge on any atom is 0.280 e. The first kappa shape index (κ1) is 10.4. The molecule has 0 saturated carbocycles. The third-order valence-electron chi connectivity index (χ3n) is 1.72. The minimum absolute atomic E-state index is 0.221. The number of hydrogen-bond donors (Lipinski definition) is 1. The first-order valence-electron chi connectivity index (χ1n) is 3.66. The molecule has 1 rings (SSSR count). The van der Waals surface area contributed by atoms with Crippen molar-refractivity contribution < 1.29 is 8.78 Å². The summed E-state index contributed by atoms with van der Waals surface area (Å²) in [6, 6.07) is 1.32. The van der Waals surface area contributed by atoms with Crippen molar-refractivity contribution in [2.45, 2.75) is 18.7 Å². The zero-order valence-corrected chi connectivity index (χ0v) is 8.61. The van der Waals surface area contributed by atoms with Crippen LogP contribution in [0.2, 0.25) is 0 Å². The van der Waals surface area contributed by atoms with Gasteiger partial charge in [-0.05, 0) is 18.6 Å². The number of alkyl halides is 3. The van der Waals surface area contributed by atoms with Gasteiger partial charge in [0.1, 0.15) is 5.69 Å². The van der Waals surface area contributed by atoms with Gasteiger partial charge in [-0.2, -0.15) is 0 Å². The lowest BCUT2D eigenvalue weighted by Gasteiger charge is -2.08. The molecule has 5 heteroatoms. The highest BCUT2D eigenvalue weighted by Gasteiger charge is 2.12. The molecule has 0 aliphatic heterocycles. The predicted octanol–water partition coefficient (Wildman–Crippen LogP) is 2.80. The molecule has 72 valence electrons. The molecule has 2 N–H and O–H groups in total. The maximum absolute atomic E-state index is 12.3. The van der Waals surface area contributed by atoms with Crippen LogP contribution in [0.1, 0.15) is 23.4 Å². The Labute approximate surface area is 83.3 Å². The molecule has 0 atom stereocenters. The molecular weight excluding hydrogens is 242 g/mol. The highest BCUT2D eigenvalue weighted by atomic mass is 79.9. The second kappa shape index (κ2) is 4.00. The summed E-state index contributed by atoms with van der Waals surface area (Å²) in [4.78, 5) is 3.68. The van der Waals surface area contributed by atoms with Gasteiger partial charge >= 0.3 is 0 Å². The van der Waals surface area contributed by atoms with Crippen LogP contribution in [-0.2, 0) is 5.33 Å². The molecule has 1 aromatic rings. The van der Waals surface area contributed by atoms with Crippen molar-refractivity contribution in [2.75, 3.05) is 5.73 Å². The van der Waals surface area contributed by atoms with E-state index in [1.54, 1.807) is 6.92 Å². The Morgan fingerprint density at radius 3 is 2.69 bits per heavy atom. The number of pyridine rings is 1. The summed E-state index contributed by atoms with van der Waals surface area (Å²) < 4.78 is 24.6. The third-order valence-corrected chi connectivity index (χ3v) is 2.33. The molecule has 0 saturated heterocycles. The number of nitrogens with two attached hydrogens (primary N) is 1. The molecule has 2 nitrogen and oxygen atoms in total. The topological polar surface area (TPSA) is 38.9 Å². The monoisotopic (exact) mass is 250 g/mol. The lowest BCUT2D eigenvalue weighted by atomic mass is 10.2. The molecule has 0 spiro atoms. The van der Waals surface area contributed by atoms with Crippen molar-refractivity contribution >= 4 is 21.6 Å². The van der Waals surface area contributed by atoms with E-state index < -0.39 is 6.43 Å². The van der Waals surface area contributed by atoms with E-state index in [2.05, 4.69) is 20.9 Å². The minimum Gasteiger partial charge on any atom is -0.397 e. The molecule has 13 heavy (non-hydrogen) atoms. The van der Waals surface area contributed by atoms with E-state index in [1.165, 1.54) is 6.07 Å². The Morgan fingerprint density at radius 1 is 1.62 bits per heavy atom. The highest BCUT2D eigenvalue weighted by Crippen LogP contribution is 2.24. The number of nitrogen functional groups attached to an aromatic ring is 1. The Bertz CT molecular complexity index is 315. The van der Waals surface area contributed by atoms with Gasteiger partial charge in [0.25, 0.3) is 6.43 Å². The van der Waals surface area contributed by atoms with Gasteiger partial charge < -0.3 is 5.73 Å². The lowest BCUT2D eigenvalue weighted by Crippen LogP contribution is -2.02. The Balaban J connectivity index is 3.22. The molecular formula is C8H9BrF2N2. The minimum atomic E-state index is -2.54. The van der Waals surface area contributed by atoms with Crippen LogP contribution in [0.3, 0.4) is 0 Å². The second-order valence-corrected chi connectivity index (χ2v) is 3.20. The van der Waals surface area contributed by atoms with Gasteiger partial charge in [0.2, 0.25) is 0 Å². The zero-order valence-electron chi connectivity index (χ0n) is 7.02. The van der Waals surface area contributed by atoms with Crippen LogP contribution in [0.15, 0.2) is 6.07 Å². The fraction of sp³-hybridized carbons (Fsp3) is 0.375. The standard InChI is InChI=1S/C8H9BrF2N2/c1-4-7(12)5(3-9)2-6(13-4)8(10)11/h2,8H,3,12H2,1H3. The maximum atomic E-state index is 12.3. The summed E-state index contributed by atoms with van der Waals surface area (Å²) in [5.74, 6) is 0. The molecule has 0 aliphatic carbocycles. The summed E-state index contributed by atoms with van der Waals surface area (Å²) in [6.07, 6.45) is -2.54. The first-order valence-corrected chi connectivity index (χ1v) is 4.78. The lowest BCUT2D eigenvalue weighted by molar-refractivity contribution is 0.146. The van der Waals surface area contributed by atoms with Crippen LogP contribution in [0.5, 0.6) is 0 Å². The average molecular weight is 251 g/mol. The molecule has 1 aromatic heterocycles. The summed E-state index contributed by atoms with van der Waals surface area (Å²) >= 11 is 3.17. The molecule has 0 unspecified atom stereocenters. The Morgan fingerprint density at radius 2 is 2.23 bits per heavy atom. The van der Waals surface area contributed by atoms with Gasteiger partial charge in [0.05, 0.1) is 11.4 Å².